The van der Waals surface area contributed by atoms with Crippen molar-refractivity contribution in [3.63, 3.8) is 0 Å². The fourth-order valence-corrected chi connectivity index (χ4v) is 6.04. The van der Waals surface area contributed by atoms with Crippen LogP contribution in [0.3, 0.4) is 0 Å². The predicted molar refractivity (Wildman–Crippen MR) is 132 cm³/mol. The summed E-state index contributed by atoms with van der Waals surface area (Å²) in [5, 5.41) is 15.9. The molecule has 0 saturated carbocycles. The van der Waals surface area contributed by atoms with Crippen LogP contribution in [0.5, 0.6) is 0 Å². The van der Waals surface area contributed by atoms with Gasteiger partial charge in [0.15, 0.2) is 0 Å². The van der Waals surface area contributed by atoms with E-state index in [1.54, 1.807) is 0 Å². The van der Waals surface area contributed by atoms with E-state index in [2.05, 4.69) is 69.6 Å². The molecule has 0 atom stereocenters. The Labute approximate surface area is 240 Å². The second kappa shape index (κ2) is 14.6. The number of alkyl halides is 12. The maximum absolute atomic E-state index is 11.4. The van der Waals surface area contributed by atoms with Crippen molar-refractivity contribution in [1.29, 1.82) is 0 Å². The van der Waals surface area contributed by atoms with Gasteiger partial charge >= 0.3 is 152 Å². The Balaban J connectivity index is 0. The summed E-state index contributed by atoms with van der Waals surface area (Å²) in [6.07, 6.45) is -22.8. The van der Waals surface area contributed by atoms with Crippen LogP contribution in [0.25, 0.3) is 0 Å². The molecule has 41 heavy (non-hydrogen) atoms. The van der Waals surface area contributed by atoms with Gasteiger partial charge in [0.2, 0.25) is 0 Å². The van der Waals surface area contributed by atoms with Gasteiger partial charge in [0, 0.05) is 0 Å². The number of hydrogen-bond acceptors (Lipinski definition) is 3. The fourth-order valence-electron chi connectivity index (χ4n) is 2.18. The van der Waals surface area contributed by atoms with Gasteiger partial charge < -0.3 is 10.2 Å². The van der Waals surface area contributed by atoms with E-state index in [1.807, 2.05) is 0 Å². The number of benzene rings is 1. The number of aliphatic hydroxyl groups is 2. The summed E-state index contributed by atoms with van der Waals surface area (Å²) < 4.78 is 144. The van der Waals surface area contributed by atoms with Crippen molar-refractivity contribution in [1.82, 2.24) is 0 Å². The summed E-state index contributed by atoms with van der Waals surface area (Å²) in [6, 6.07) is 6.68. The normalized spacial score (nSPS) is 13.7. The molecule has 0 amide bonds. The summed E-state index contributed by atoms with van der Waals surface area (Å²) in [4.78, 5) is 0. The predicted octanol–water partition coefficient (Wildman–Crippen LogP) is 9.23. The Kier molecular flexibility index (Phi) is 14.9. The van der Waals surface area contributed by atoms with Crippen molar-refractivity contribution in [2.45, 2.75) is 109 Å². The van der Waals surface area contributed by atoms with Gasteiger partial charge in [-0.25, -0.2) is 0 Å². The molecule has 0 saturated heterocycles. The van der Waals surface area contributed by atoms with Crippen LogP contribution in [0.15, 0.2) is 21.7 Å². The van der Waals surface area contributed by atoms with Crippen molar-refractivity contribution < 1.29 is 80.8 Å². The Morgan fingerprint density at radius 2 is 0.927 bits per heavy atom. The van der Waals surface area contributed by atoms with Gasteiger partial charge in [-0.15, -0.1) is 0 Å². The number of nitrogens with zero attached hydrogens (tertiary/aromatic N) is 1. The third-order valence-electron chi connectivity index (χ3n) is 5.10. The molecule has 0 aliphatic carbocycles. The van der Waals surface area contributed by atoms with E-state index in [9.17, 15) is 52.7 Å². The van der Waals surface area contributed by atoms with E-state index >= 15 is 0 Å². The molecular weight excluding hydrogens is 686 g/mol. The first-order valence-electron chi connectivity index (χ1n) is 11.8. The average molecular weight is 722 g/mol. The van der Waals surface area contributed by atoms with E-state index < -0.39 is 44.0 Å². The Bertz CT molecular complexity index is 935. The molecule has 0 aliphatic rings. The summed E-state index contributed by atoms with van der Waals surface area (Å²) in [5.41, 5.74) is -5.12. The van der Waals surface area contributed by atoms with E-state index in [0.29, 0.717) is 11.8 Å². The van der Waals surface area contributed by atoms with Gasteiger partial charge in [-0.3, -0.25) is 0 Å². The van der Waals surface area contributed by atoms with E-state index in [4.69, 9.17) is 13.7 Å². The number of halogens is 12. The molecule has 242 valence electrons. The van der Waals surface area contributed by atoms with Crippen LogP contribution in [0.2, 0.25) is 19.6 Å². The molecule has 0 unspecified atom stereocenters. The first-order chi connectivity index (χ1) is 17.7. The molecule has 3 nitrogen and oxygen atoms in total. The maximum Gasteiger partial charge on any atom is 0.425 e. The molecule has 0 spiro atoms. The van der Waals surface area contributed by atoms with Gasteiger partial charge in [-0.05, 0) is 13.8 Å². The third-order valence-corrected chi connectivity index (χ3v) is 12.6. The van der Waals surface area contributed by atoms with Crippen LogP contribution in [0, 0.1) is 0 Å². The van der Waals surface area contributed by atoms with E-state index in [1.165, 1.54) is 16.8 Å². The van der Waals surface area contributed by atoms with Gasteiger partial charge in [-0.2, -0.15) is 52.7 Å². The van der Waals surface area contributed by atoms with Crippen LogP contribution < -0.4 is 0 Å². The number of rotatable bonds is 4. The summed E-state index contributed by atoms with van der Waals surface area (Å²) >= 11 is -0.353. The standard InChI is InChI=1S/C12H17N.2C4H4F6O.C4H10Si.Mo/c1-8(2)10-6-5-7-11(9(3)4)12(10)13;2*1-2(11,3(5,6)7)4(8,9)10;1-5(2,3)4;/h5-9H,1-4H3;2*11H,1H3;1H,2-4H3;. The number of hydrogen-bond donors (Lipinski definition) is 2. The molecule has 1 aromatic carbocycles. The Morgan fingerprint density at radius 1 is 0.659 bits per heavy atom. The van der Waals surface area contributed by atoms with Crippen molar-refractivity contribution >= 4 is 17.8 Å². The van der Waals surface area contributed by atoms with E-state index in [0.717, 1.165) is 0 Å². The molecule has 0 heterocycles. The molecule has 1 aromatic rings. The van der Waals surface area contributed by atoms with Crippen molar-refractivity contribution in [2.75, 3.05) is 0 Å². The molecule has 17 heteroatoms. The van der Waals surface area contributed by atoms with E-state index in [-0.39, 0.29) is 31.8 Å². The first-order valence-corrected chi connectivity index (χ1v) is 17.4. The van der Waals surface area contributed by atoms with Crippen molar-refractivity contribution in [3.8, 4) is 0 Å². The Morgan fingerprint density at radius 3 is 1.10 bits per heavy atom. The monoisotopic (exact) mass is 723 g/mol. The van der Waals surface area contributed by atoms with Crippen LogP contribution in [0.4, 0.5) is 58.4 Å². The zero-order valence-electron chi connectivity index (χ0n) is 23.7. The first kappa shape index (κ1) is 42.0. The van der Waals surface area contributed by atoms with Crippen LogP contribution in [0.1, 0.15) is 64.5 Å². The maximum atomic E-state index is 11.4. The second-order valence-electron chi connectivity index (χ2n) is 10.9. The van der Waals surface area contributed by atoms with Crippen LogP contribution >= 0.6 is 0 Å². The van der Waals surface area contributed by atoms with Crippen molar-refractivity contribution in [3.05, 3.63) is 29.3 Å². The molecular formula is C24H35F12MoNO2Si. The topological polar surface area (TPSA) is 52.8 Å². The largest absolute Gasteiger partial charge is 0.425 e. The average Bonchev–Trinajstić information content (AvgIpc) is 2.70. The summed E-state index contributed by atoms with van der Waals surface area (Å²) in [7, 11) is -1.06. The minimum Gasteiger partial charge on any atom is -0.374 e. The molecule has 1 rings (SSSR count). The molecule has 0 aliphatic heterocycles. The molecule has 0 radical (unpaired) electrons. The van der Waals surface area contributed by atoms with Crippen molar-refractivity contribution in [2.24, 2.45) is 3.50 Å². The summed E-state index contributed by atoms with van der Waals surface area (Å²) in [5.74, 6) is 1.11. The van der Waals surface area contributed by atoms with Gasteiger partial charge in [0.25, 0.3) is 11.2 Å². The quantitative estimate of drug-likeness (QED) is 0.241. The Hall–Kier alpha value is -1.12. The van der Waals surface area contributed by atoms with Gasteiger partial charge in [0.05, 0.1) is 0 Å². The molecule has 2 N–H and O–H groups in total. The van der Waals surface area contributed by atoms with Crippen LogP contribution in [-0.4, -0.2) is 58.2 Å². The SMILES string of the molecule is CC(C)c1cccc(C(C)C)c1[N]=[Mo]=[CH][Si](C)(C)C.CC(O)(C(F)(F)F)C(F)(F)F.CC(O)(C(F)(F)F)C(F)(F)F. The van der Waals surface area contributed by atoms with Crippen LogP contribution in [-0.2, 0) is 17.9 Å². The summed E-state index contributed by atoms with van der Waals surface area (Å²) in [6.45, 7) is 15.6. The smallest absolute Gasteiger partial charge is 0.374 e. The second-order valence-corrected chi connectivity index (χ2v) is 18.6. The zero-order valence-corrected chi connectivity index (χ0v) is 26.8. The zero-order chi connectivity index (χ0) is 33.6. The third kappa shape index (κ3) is 13.0. The van der Waals surface area contributed by atoms with Gasteiger partial charge in [0.1, 0.15) is 0 Å². The molecule has 0 bridgehead atoms. The molecule has 0 fully saturated rings. The fraction of sp³-hybridized carbons (Fsp3) is 0.708. The minimum atomic E-state index is -5.69. The molecule has 0 aromatic heterocycles. The van der Waals surface area contributed by atoms with Gasteiger partial charge in [-0.1, -0.05) is 0 Å². The minimum absolute atomic E-state index is 0.340.